The van der Waals surface area contributed by atoms with E-state index in [2.05, 4.69) is 43.0 Å². The molecule has 0 aromatic carbocycles. The second-order valence-corrected chi connectivity index (χ2v) is 12.5. The summed E-state index contributed by atoms with van der Waals surface area (Å²) in [5.74, 6) is 0. The van der Waals surface area contributed by atoms with E-state index in [0.29, 0.717) is 6.17 Å². The van der Waals surface area contributed by atoms with Gasteiger partial charge in [0.1, 0.15) is 6.17 Å². The molecule has 1 unspecified atom stereocenters. The van der Waals surface area contributed by atoms with E-state index in [-0.39, 0.29) is 0 Å². The Morgan fingerprint density at radius 1 is 0.342 bits per heavy atom. The molecule has 0 amide bonds. The van der Waals surface area contributed by atoms with Crippen molar-refractivity contribution < 1.29 is 0 Å². The summed E-state index contributed by atoms with van der Waals surface area (Å²) < 4.78 is 0. The van der Waals surface area contributed by atoms with Crippen LogP contribution in [0.15, 0.2) is 12.4 Å². The van der Waals surface area contributed by atoms with Gasteiger partial charge in [-0.15, -0.1) is 0 Å². The molecule has 2 heteroatoms. The number of unbranched alkanes of at least 4 members (excludes halogenated alkanes) is 24. The standard InChI is InChI=1S/C36H72N2/c1-4-7-9-11-13-15-17-18-19-20-21-22-24-26-28-30-33-38-35-34-37(36(38)31-6-3)32-29-27-25-23-16-14-12-10-8-5-2/h34-36H,4-33H2,1-3H3. The fourth-order valence-corrected chi connectivity index (χ4v) is 6.22. The van der Waals surface area contributed by atoms with Crippen molar-refractivity contribution in [3.8, 4) is 0 Å². The molecule has 0 aromatic rings. The minimum atomic E-state index is 0.634. The fraction of sp³-hybridized carbons (Fsp3) is 0.944. The van der Waals surface area contributed by atoms with Gasteiger partial charge in [-0.05, 0) is 19.3 Å². The molecule has 1 heterocycles. The molecule has 1 aliphatic rings. The quantitative estimate of drug-likeness (QED) is 0.0848. The molecular formula is C36H72N2. The molecular weight excluding hydrogens is 460 g/mol. The molecule has 38 heavy (non-hydrogen) atoms. The second kappa shape index (κ2) is 27.9. The molecule has 0 bridgehead atoms. The molecule has 1 rings (SSSR count). The van der Waals surface area contributed by atoms with Crippen molar-refractivity contribution >= 4 is 0 Å². The van der Waals surface area contributed by atoms with Crippen molar-refractivity contribution in [3.05, 3.63) is 12.4 Å². The molecule has 0 aromatic heterocycles. The molecule has 0 saturated heterocycles. The maximum atomic E-state index is 2.66. The Labute approximate surface area is 241 Å². The van der Waals surface area contributed by atoms with Crippen LogP contribution in [0.1, 0.15) is 201 Å². The Morgan fingerprint density at radius 3 is 0.868 bits per heavy atom. The van der Waals surface area contributed by atoms with Crippen LogP contribution >= 0.6 is 0 Å². The first-order chi connectivity index (χ1) is 18.8. The van der Waals surface area contributed by atoms with Gasteiger partial charge in [-0.2, -0.15) is 0 Å². The third-order valence-electron chi connectivity index (χ3n) is 8.80. The van der Waals surface area contributed by atoms with Crippen molar-refractivity contribution in [2.45, 2.75) is 207 Å². The Bertz CT molecular complexity index is 488. The second-order valence-electron chi connectivity index (χ2n) is 12.5. The van der Waals surface area contributed by atoms with Crippen molar-refractivity contribution in [3.63, 3.8) is 0 Å². The highest BCUT2D eigenvalue weighted by atomic mass is 15.4. The molecule has 226 valence electrons. The molecule has 0 saturated carbocycles. The smallest absolute Gasteiger partial charge is 0.101 e. The van der Waals surface area contributed by atoms with E-state index < -0.39 is 0 Å². The van der Waals surface area contributed by atoms with Crippen LogP contribution in [0.4, 0.5) is 0 Å². The Morgan fingerprint density at radius 2 is 0.605 bits per heavy atom. The van der Waals surface area contributed by atoms with Gasteiger partial charge < -0.3 is 9.80 Å². The summed E-state index contributed by atoms with van der Waals surface area (Å²) in [6.07, 6.45) is 45.5. The van der Waals surface area contributed by atoms with Crippen molar-refractivity contribution in [1.29, 1.82) is 0 Å². The van der Waals surface area contributed by atoms with Gasteiger partial charge in [-0.3, -0.25) is 0 Å². The number of rotatable bonds is 30. The van der Waals surface area contributed by atoms with E-state index in [1.807, 2.05) is 0 Å². The zero-order valence-corrected chi connectivity index (χ0v) is 26.8. The van der Waals surface area contributed by atoms with Gasteiger partial charge in [0.05, 0.1) is 0 Å². The third-order valence-corrected chi connectivity index (χ3v) is 8.80. The fourth-order valence-electron chi connectivity index (χ4n) is 6.22. The summed E-state index contributed by atoms with van der Waals surface area (Å²) in [4.78, 5) is 5.31. The van der Waals surface area contributed by atoms with Crippen LogP contribution in [0.5, 0.6) is 0 Å². The van der Waals surface area contributed by atoms with E-state index in [0.717, 1.165) is 0 Å². The van der Waals surface area contributed by atoms with Gasteiger partial charge in [0.2, 0.25) is 0 Å². The van der Waals surface area contributed by atoms with Crippen LogP contribution in [-0.4, -0.2) is 29.1 Å². The zero-order chi connectivity index (χ0) is 27.4. The van der Waals surface area contributed by atoms with Crippen LogP contribution in [0.2, 0.25) is 0 Å². The van der Waals surface area contributed by atoms with E-state index in [1.54, 1.807) is 0 Å². The van der Waals surface area contributed by atoms with Gasteiger partial charge in [0.15, 0.2) is 0 Å². The Balaban J connectivity index is 1.94. The van der Waals surface area contributed by atoms with Crippen molar-refractivity contribution in [1.82, 2.24) is 9.80 Å². The molecule has 0 fully saturated rings. The minimum absolute atomic E-state index is 0.634. The lowest BCUT2D eigenvalue weighted by atomic mass is 10.0. The molecule has 0 radical (unpaired) electrons. The Kier molecular flexibility index (Phi) is 26.0. The first-order valence-corrected chi connectivity index (χ1v) is 18.0. The van der Waals surface area contributed by atoms with Gasteiger partial charge in [-0.25, -0.2) is 0 Å². The van der Waals surface area contributed by atoms with Gasteiger partial charge in [-0.1, -0.05) is 181 Å². The van der Waals surface area contributed by atoms with Crippen molar-refractivity contribution in [2.24, 2.45) is 0 Å². The average Bonchev–Trinajstić information content (AvgIpc) is 3.30. The predicted molar refractivity (Wildman–Crippen MR) is 173 cm³/mol. The molecule has 2 nitrogen and oxygen atoms in total. The van der Waals surface area contributed by atoms with Gasteiger partial charge in [0.25, 0.3) is 0 Å². The highest BCUT2D eigenvalue weighted by Gasteiger charge is 2.24. The van der Waals surface area contributed by atoms with E-state index in [4.69, 9.17) is 0 Å². The lowest BCUT2D eigenvalue weighted by Gasteiger charge is -2.33. The molecule has 1 atom stereocenters. The van der Waals surface area contributed by atoms with Crippen LogP contribution in [-0.2, 0) is 0 Å². The van der Waals surface area contributed by atoms with E-state index in [1.165, 1.54) is 193 Å². The predicted octanol–water partition coefficient (Wildman–Crippen LogP) is 12.4. The lowest BCUT2D eigenvalue weighted by Crippen LogP contribution is -2.39. The highest BCUT2D eigenvalue weighted by molar-refractivity contribution is 4.96. The number of hydrogen-bond donors (Lipinski definition) is 0. The van der Waals surface area contributed by atoms with Crippen LogP contribution < -0.4 is 0 Å². The highest BCUT2D eigenvalue weighted by Crippen LogP contribution is 2.22. The lowest BCUT2D eigenvalue weighted by molar-refractivity contribution is 0.138. The Hall–Kier alpha value is -0.660. The summed E-state index contributed by atoms with van der Waals surface area (Å²) in [6, 6.07) is 0. The molecule has 0 spiro atoms. The van der Waals surface area contributed by atoms with Gasteiger partial charge in [0, 0.05) is 25.5 Å². The summed E-state index contributed by atoms with van der Waals surface area (Å²) in [7, 11) is 0. The van der Waals surface area contributed by atoms with E-state index >= 15 is 0 Å². The minimum Gasteiger partial charge on any atom is -0.356 e. The van der Waals surface area contributed by atoms with Crippen LogP contribution in [0.3, 0.4) is 0 Å². The largest absolute Gasteiger partial charge is 0.356 e. The normalized spacial score (nSPS) is 15.3. The number of hydrogen-bond acceptors (Lipinski definition) is 2. The first-order valence-electron chi connectivity index (χ1n) is 18.0. The van der Waals surface area contributed by atoms with E-state index in [9.17, 15) is 0 Å². The SMILES string of the molecule is CCCCCCCCCCCCCCCCCCN1C=CN(CCCCCCCCCCCC)C1CCC. The van der Waals surface area contributed by atoms with Gasteiger partial charge >= 0.3 is 0 Å². The van der Waals surface area contributed by atoms with Crippen LogP contribution in [0, 0.1) is 0 Å². The maximum Gasteiger partial charge on any atom is 0.101 e. The maximum absolute atomic E-state index is 2.66. The topological polar surface area (TPSA) is 6.48 Å². The average molecular weight is 533 g/mol. The third kappa shape index (κ3) is 20.3. The monoisotopic (exact) mass is 533 g/mol. The van der Waals surface area contributed by atoms with Crippen LogP contribution in [0.25, 0.3) is 0 Å². The zero-order valence-electron chi connectivity index (χ0n) is 26.8. The first kappa shape index (κ1) is 35.4. The summed E-state index contributed by atoms with van der Waals surface area (Å²) >= 11 is 0. The summed E-state index contributed by atoms with van der Waals surface area (Å²) in [5.41, 5.74) is 0. The molecule has 0 aliphatic carbocycles. The van der Waals surface area contributed by atoms with Crippen molar-refractivity contribution in [2.75, 3.05) is 13.1 Å². The summed E-state index contributed by atoms with van der Waals surface area (Å²) in [6.45, 7) is 9.48. The molecule has 1 aliphatic heterocycles. The number of nitrogens with zero attached hydrogens (tertiary/aromatic N) is 2. The summed E-state index contributed by atoms with van der Waals surface area (Å²) in [5, 5.41) is 0. The molecule has 0 N–H and O–H groups in total.